The number of nitrogens with two attached hydrogens (primary N) is 1. The Morgan fingerprint density at radius 2 is 2.10 bits per heavy atom. The zero-order valence-electron chi connectivity index (χ0n) is 17.4. The molecule has 0 fully saturated rings. The third-order valence-electron chi connectivity index (χ3n) is 5.38. The number of aromatic nitrogens is 2. The lowest BCUT2D eigenvalue weighted by atomic mass is 10.00. The summed E-state index contributed by atoms with van der Waals surface area (Å²) in [6, 6.07) is 7.59. The van der Waals surface area contributed by atoms with Gasteiger partial charge in [0.15, 0.2) is 0 Å². The zero-order chi connectivity index (χ0) is 21.4. The lowest BCUT2D eigenvalue weighted by molar-refractivity contribution is 0.325. The van der Waals surface area contributed by atoms with Crippen LogP contribution in [0.4, 0.5) is 17.5 Å². The van der Waals surface area contributed by atoms with Crippen LogP contribution in [0.2, 0.25) is 0 Å². The summed E-state index contributed by atoms with van der Waals surface area (Å²) in [5.41, 5.74) is 8.50. The summed E-state index contributed by atoms with van der Waals surface area (Å²) in [6.07, 6.45) is 8.12. The summed E-state index contributed by atoms with van der Waals surface area (Å²) < 4.78 is 11.7. The number of aryl methyl sites for hydroxylation is 1. The predicted octanol–water partition coefficient (Wildman–Crippen LogP) is 2.49. The van der Waals surface area contributed by atoms with Gasteiger partial charge in [0.2, 0.25) is 5.95 Å². The molecule has 2 aliphatic rings. The van der Waals surface area contributed by atoms with E-state index in [1.807, 2.05) is 49.1 Å². The molecule has 1 aliphatic carbocycles. The number of allylic oxidation sites excluding steroid dienone is 2. The first kappa shape index (κ1) is 20.3. The Morgan fingerprint density at radius 3 is 2.87 bits per heavy atom. The van der Waals surface area contributed by atoms with Crippen molar-refractivity contribution in [1.29, 1.82) is 0 Å². The van der Waals surface area contributed by atoms with Crippen molar-refractivity contribution in [3.63, 3.8) is 0 Å². The van der Waals surface area contributed by atoms with Crippen LogP contribution in [0.1, 0.15) is 12.5 Å². The molecule has 0 saturated carbocycles. The summed E-state index contributed by atoms with van der Waals surface area (Å²) in [5, 5.41) is 10.8. The van der Waals surface area contributed by atoms with Gasteiger partial charge in [-0.25, -0.2) is 19.8 Å². The summed E-state index contributed by atoms with van der Waals surface area (Å²) in [7, 11) is 2.45. The predicted molar refractivity (Wildman–Crippen MR) is 120 cm³/mol. The van der Waals surface area contributed by atoms with Crippen molar-refractivity contribution in [1.82, 2.24) is 20.4 Å². The molecule has 2 heterocycles. The fourth-order valence-corrected chi connectivity index (χ4v) is 4.13. The molecule has 2 unspecified atom stereocenters. The Kier molecular flexibility index (Phi) is 5.42. The minimum Gasteiger partial charge on any atom is -0.329 e. The van der Waals surface area contributed by atoms with Crippen molar-refractivity contribution in [2.45, 2.75) is 24.8 Å². The van der Waals surface area contributed by atoms with E-state index in [9.17, 15) is 4.21 Å². The molecule has 0 amide bonds. The Hall–Kier alpha value is -3.01. The lowest BCUT2D eigenvalue weighted by Gasteiger charge is -2.23. The van der Waals surface area contributed by atoms with Gasteiger partial charge in [0, 0.05) is 37.4 Å². The summed E-state index contributed by atoms with van der Waals surface area (Å²) in [5.74, 6) is 1.21. The average Bonchev–Trinajstić information content (AvgIpc) is 3.02. The fraction of sp³-hybridized carbons (Fsp3) is 0.238. The van der Waals surface area contributed by atoms with Gasteiger partial charge in [-0.05, 0) is 55.3 Å². The number of nitrogens with zero attached hydrogens (tertiary/aromatic N) is 4. The molecule has 0 saturated heterocycles. The smallest absolute Gasteiger partial charge is 0.229 e. The first-order chi connectivity index (χ1) is 14.3. The minimum atomic E-state index is -1.55. The number of anilines is 3. The van der Waals surface area contributed by atoms with E-state index in [0.717, 1.165) is 22.8 Å². The molecule has 1 aromatic carbocycles. The highest BCUT2D eigenvalue weighted by molar-refractivity contribution is 7.82. The second kappa shape index (κ2) is 8.02. The first-order valence-electron chi connectivity index (χ1n) is 9.54. The molecular formula is C21H25N7OS. The molecule has 2 aromatic rings. The number of rotatable bonds is 5. The SMILES string of the molecule is CC1=C2C=C(N(C)c3ccnc(Nc4ccc(C)c(S(N)=O)c4)n3)C=CC2NN1C. The van der Waals surface area contributed by atoms with Gasteiger partial charge in [0.1, 0.15) is 16.8 Å². The quantitative estimate of drug-likeness (QED) is 0.679. The second-order valence-corrected chi connectivity index (χ2v) is 8.37. The van der Waals surface area contributed by atoms with Gasteiger partial charge >= 0.3 is 0 Å². The molecule has 0 radical (unpaired) electrons. The van der Waals surface area contributed by atoms with Crippen molar-refractivity contribution in [2.75, 3.05) is 24.3 Å². The summed E-state index contributed by atoms with van der Waals surface area (Å²) >= 11 is 0. The van der Waals surface area contributed by atoms with Crippen molar-refractivity contribution in [2.24, 2.45) is 5.14 Å². The molecular weight excluding hydrogens is 398 g/mol. The standard InChI is InChI=1S/C21H25N7OS/c1-13-5-6-15(11-19(13)30(22)29)24-21-23-10-9-20(25-21)27(3)16-7-8-18-17(12-16)14(2)28(4)26-18/h5-12,18,26H,22H2,1-4H3,(H,23,24,25). The molecule has 4 N–H and O–H groups in total. The van der Waals surface area contributed by atoms with E-state index in [2.05, 4.69) is 45.9 Å². The van der Waals surface area contributed by atoms with E-state index in [1.54, 1.807) is 12.3 Å². The largest absolute Gasteiger partial charge is 0.329 e. The first-order valence-corrected chi connectivity index (χ1v) is 10.8. The molecule has 156 valence electrons. The molecule has 1 aromatic heterocycles. The maximum absolute atomic E-state index is 11.7. The van der Waals surface area contributed by atoms with Crippen molar-refractivity contribution < 1.29 is 4.21 Å². The number of nitrogens with one attached hydrogen (secondary N) is 2. The lowest BCUT2D eigenvalue weighted by Crippen LogP contribution is -2.34. The third-order valence-corrected chi connectivity index (χ3v) is 6.26. The highest BCUT2D eigenvalue weighted by Crippen LogP contribution is 2.29. The molecule has 4 rings (SSSR count). The van der Waals surface area contributed by atoms with Crippen molar-refractivity contribution in [3.05, 3.63) is 71.2 Å². The maximum Gasteiger partial charge on any atom is 0.229 e. The Bertz CT molecular complexity index is 1110. The van der Waals surface area contributed by atoms with Crippen LogP contribution in [0.15, 0.2) is 70.6 Å². The van der Waals surface area contributed by atoms with Gasteiger partial charge in [-0.1, -0.05) is 12.1 Å². The van der Waals surface area contributed by atoms with Gasteiger partial charge in [-0.2, -0.15) is 4.98 Å². The molecule has 8 nitrogen and oxygen atoms in total. The van der Waals surface area contributed by atoms with E-state index < -0.39 is 11.0 Å². The fourth-order valence-electron chi connectivity index (χ4n) is 3.50. The van der Waals surface area contributed by atoms with E-state index in [-0.39, 0.29) is 6.04 Å². The van der Waals surface area contributed by atoms with Gasteiger partial charge < -0.3 is 15.2 Å². The number of hydrogen-bond acceptors (Lipinski definition) is 7. The molecule has 1 aliphatic heterocycles. The van der Waals surface area contributed by atoms with Crippen molar-refractivity contribution >= 4 is 28.4 Å². The number of hydrazine groups is 1. The van der Waals surface area contributed by atoms with Crippen LogP contribution in [-0.2, 0) is 11.0 Å². The number of hydrogen-bond donors (Lipinski definition) is 3. The highest BCUT2D eigenvalue weighted by Gasteiger charge is 2.26. The van der Waals surface area contributed by atoms with Gasteiger partial charge in [-0.15, -0.1) is 0 Å². The van der Waals surface area contributed by atoms with E-state index in [4.69, 9.17) is 5.14 Å². The average molecular weight is 424 g/mol. The van der Waals surface area contributed by atoms with Crippen molar-refractivity contribution in [3.8, 4) is 0 Å². The highest BCUT2D eigenvalue weighted by atomic mass is 32.2. The van der Waals surface area contributed by atoms with E-state index >= 15 is 0 Å². The maximum atomic E-state index is 11.7. The second-order valence-electron chi connectivity index (χ2n) is 7.34. The topological polar surface area (TPSA) is 99.4 Å². The van der Waals surface area contributed by atoms with Crippen LogP contribution in [-0.4, -0.2) is 39.3 Å². The molecule has 0 spiro atoms. The van der Waals surface area contributed by atoms with E-state index in [0.29, 0.717) is 10.8 Å². The summed E-state index contributed by atoms with van der Waals surface area (Å²) in [6.45, 7) is 3.98. The normalized spacial score (nSPS) is 18.9. The van der Waals surface area contributed by atoms with Gasteiger partial charge in [-0.3, -0.25) is 0 Å². The monoisotopic (exact) mass is 423 g/mol. The van der Waals surface area contributed by atoms with Crippen LogP contribution in [0.3, 0.4) is 0 Å². The van der Waals surface area contributed by atoms with Crippen LogP contribution in [0.5, 0.6) is 0 Å². The Balaban J connectivity index is 1.58. The zero-order valence-corrected chi connectivity index (χ0v) is 18.2. The molecule has 0 bridgehead atoms. The number of likely N-dealkylation sites (N-methyl/N-ethyl adjacent to an activating group) is 1. The molecule has 2 atom stereocenters. The van der Waals surface area contributed by atoms with Crippen LogP contribution in [0.25, 0.3) is 0 Å². The van der Waals surface area contributed by atoms with Crippen LogP contribution < -0.4 is 20.8 Å². The Labute approximate surface area is 178 Å². The summed E-state index contributed by atoms with van der Waals surface area (Å²) in [4.78, 5) is 11.6. The molecule has 30 heavy (non-hydrogen) atoms. The van der Waals surface area contributed by atoms with Crippen LogP contribution >= 0.6 is 0 Å². The van der Waals surface area contributed by atoms with Gasteiger partial charge in [0.25, 0.3) is 0 Å². The number of benzene rings is 1. The van der Waals surface area contributed by atoms with E-state index in [1.165, 1.54) is 11.3 Å². The Morgan fingerprint density at radius 1 is 1.30 bits per heavy atom. The van der Waals surface area contributed by atoms with Crippen LogP contribution in [0, 0.1) is 6.92 Å². The van der Waals surface area contributed by atoms with Gasteiger partial charge in [0.05, 0.1) is 10.9 Å². The minimum absolute atomic E-state index is 0.207. The number of fused-ring (bicyclic) bond motifs is 1. The molecule has 9 heteroatoms. The third kappa shape index (κ3) is 3.87.